The lowest BCUT2D eigenvalue weighted by Crippen LogP contribution is -2.35. The number of para-hydroxylation sites is 2. The largest absolute Gasteiger partial charge is 0.457 e. The molecule has 0 aromatic heterocycles. The molecule has 0 radical (unpaired) electrons. The van der Waals surface area contributed by atoms with E-state index in [4.69, 9.17) is 4.74 Å². The Hall–Kier alpha value is -1.90. The first-order valence-corrected chi connectivity index (χ1v) is 5.79. The van der Waals surface area contributed by atoms with Crippen LogP contribution >= 0.6 is 0 Å². The smallest absolute Gasteiger partial charge is 0.252 e. The number of hydrogen-bond acceptors (Lipinski definition) is 1. The van der Waals surface area contributed by atoms with Crippen LogP contribution in [0, 0.1) is 0 Å². The highest BCUT2D eigenvalue weighted by molar-refractivity contribution is 5.57. The molecule has 0 bridgehead atoms. The van der Waals surface area contributed by atoms with Crippen molar-refractivity contribution in [3.8, 4) is 11.5 Å². The number of alkyl halides is 2. The number of ether oxygens (including phenoxy) is 1. The molecule has 1 aliphatic heterocycles. The summed E-state index contributed by atoms with van der Waals surface area (Å²) in [6.07, 6.45) is -2.48. The standard InChI is InChI=1S/C15H12F2O/c1-15(14(16)17)10-6-2-4-8-12(10)18-13-9-5-3-7-11(13)15/h2-9,14H,1H3. The van der Waals surface area contributed by atoms with Crippen molar-refractivity contribution in [2.45, 2.75) is 18.8 Å². The zero-order chi connectivity index (χ0) is 12.8. The van der Waals surface area contributed by atoms with Crippen molar-refractivity contribution in [2.75, 3.05) is 0 Å². The molecule has 1 heterocycles. The number of hydrogen-bond donors (Lipinski definition) is 0. The second-order valence-electron chi connectivity index (χ2n) is 4.60. The molecule has 0 N–H and O–H groups in total. The molecule has 1 aliphatic rings. The van der Waals surface area contributed by atoms with Crippen LogP contribution in [0.1, 0.15) is 18.1 Å². The van der Waals surface area contributed by atoms with Crippen LogP contribution in [0.5, 0.6) is 11.5 Å². The maximum atomic E-state index is 13.6. The van der Waals surface area contributed by atoms with Crippen molar-refractivity contribution in [3.05, 3.63) is 59.7 Å². The van der Waals surface area contributed by atoms with E-state index in [9.17, 15) is 8.78 Å². The number of rotatable bonds is 1. The molecule has 92 valence electrons. The van der Waals surface area contributed by atoms with Gasteiger partial charge in [-0.25, -0.2) is 8.78 Å². The monoisotopic (exact) mass is 246 g/mol. The average Bonchev–Trinajstić information content (AvgIpc) is 2.39. The summed E-state index contributed by atoms with van der Waals surface area (Å²) >= 11 is 0. The summed E-state index contributed by atoms with van der Waals surface area (Å²) in [6, 6.07) is 14.0. The van der Waals surface area contributed by atoms with Gasteiger partial charge in [-0.1, -0.05) is 36.4 Å². The Morgan fingerprint density at radius 2 is 1.33 bits per heavy atom. The first kappa shape index (κ1) is 11.2. The molecule has 0 spiro atoms. The van der Waals surface area contributed by atoms with Gasteiger partial charge in [0.25, 0.3) is 6.43 Å². The van der Waals surface area contributed by atoms with Crippen LogP contribution < -0.4 is 4.74 Å². The van der Waals surface area contributed by atoms with Gasteiger partial charge in [0.15, 0.2) is 0 Å². The molecule has 0 amide bonds. The summed E-state index contributed by atoms with van der Waals surface area (Å²) in [5, 5.41) is 0. The third-order valence-electron chi connectivity index (χ3n) is 3.55. The third kappa shape index (κ3) is 1.37. The summed E-state index contributed by atoms with van der Waals surface area (Å²) in [7, 11) is 0. The molecular weight excluding hydrogens is 234 g/mol. The van der Waals surface area contributed by atoms with Gasteiger partial charge in [0, 0.05) is 11.1 Å². The zero-order valence-electron chi connectivity index (χ0n) is 9.86. The lowest BCUT2D eigenvalue weighted by atomic mass is 9.74. The first-order chi connectivity index (χ1) is 8.64. The van der Waals surface area contributed by atoms with Crippen LogP contribution in [0.2, 0.25) is 0 Å². The molecule has 0 saturated heterocycles. The Balaban J connectivity index is 2.31. The summed E-state index contributed by atoms with van der Waals surface area (Å²) in [5.74, 6) is 1.03. The molecule has 18 heavy (non-hydrogen) atoms. The fourth-order valence-electron chi connectivity index (χ4n) is 2.47. The van der Waals surface area contributed by atoms with E-state index in [-0.39, 0.29) is 0 Å². The van der Waals surface area contributed by atoms with Crippen molar-refractivity contribution in [2.24, 2.45) is 0 Å². The minimum Gasteiger partial charge on any atom is -0.457 e. The highest BCUT2D eigenvalue weighted by atomic mass is 19.3. The number of halogens is 2. The van der Waals surface area contributed by atoms with Crippen molar-refractivity contribution in [1.82, 2.24) is 0 Å². The summed E-state index contributed by atoms with van der Waals surface area (Å²) in [4.78, 5) is 0. The van der Waals surface area contributed by atoms with Gasteiger partial charge >= 0.3 is 0 Å². The van der Waals surface area contributed by atoms with Crippen LogP contribution in [-0.2, 0) is 5.41 Å². The third-order valence-corrected chi connectivity index (χ3v) is 3.55. The van der Waals surface area contributed by atoms with Gasteiger partial charge in [-0.3, -0.25) is 0 Å². The Bertz CT molecular complexity index is 547. The van der Waals surface area contributed by atoms with E-state index < -0.39 is 11.8 Å². The molecule has 0 unspecified atom stereocenters. The molecule has 0 aliphatic carbocycles. The highest BCUT2D eigenvalue weighted by Crippen LogP contribution is 2.50. The van der Waals surface area contributed by atoms with E-state index >= 15 is 0 Å². The SMILES string of the molecule is CC1(C(F)F)c2ccccc2Oc2ccccc21. The van der Waals surface area contributed by atoms with Gasteiger partial charge in [-0.05, 0) is 19.1 Å². The minimum atomic E-state index is -2.48. The van der Waals surface area contributed by atoms with Gasteiger partial charge < -0.3 is 4.74 Å². The molecule has 2 aromatic carbocycles. The van der Waals surface area contributed by atoms with E-state index in [1.165, 1.54) is 0 Å². The molecular formula is C15H12F2O. The van der Waals surface area contributed by atoms with Gasteiger partial charge in [0.2, 0.25) is 0 Å². The van der Waals surface area contributed by atoms with Gasteiger partial charge in [-0.15, -0.1) is 0 Å². The Kier molecular flexibility index (Phi) is 2.37. The topological polar surface area (TPSA) is 9.23 Å². The van der Waals surface area contributed by atoms with Gasteiger partial charge in [-0.2, -0.15) is 0 Å². The second-order valence-corrected chi connectivity index (χ2v) is 4.60. The van der Waals surface area contributed by atoms with Crippen molar-refractivity contribution < 1.29 is 13.5 Å². The maximum absolute atomic E-state index is 13.6. The normalized spacial score (nSPS) is 15.8. The summed E-state index contributed by atoms with van der Waals surface area (Å²) < 4.78 is 32.9. The van der Waals surface area contributed by atoms with Crippen LogP contribution in [0.15, 0.2) is 48.5 Å². The van der Waals surface area contributed by atoms with Crippen molar-refractivity contribution in [3.63, 3.8) is 0 Å². The highest BCUT2D eigenvalue weighted by Gasteiger charge is 2.45. The van der Waals surface area contributed by atoms with Crippen molar-refractivity contribution >= 4 is 0 Å². The number of fused-ring (bicyclic) bond motifs is 2. The van der Waals surface area contributed by atoms with E-state index in [1.807, 2.05) is 0 Å². The molecule has 2 aromatic rings. The van der Waals surface area contributed by atoms with E-state index in [2.05, 4.69) is 0 Å². The fourth-order valence-corrected chi connectivity index (χ4v) is 2.47. The van der Waals surface area contributed by atoms with E-state index in [0.717, 1.165) is 0 Å². The van der Waals surface area contributed by atoms with Crippen LogP contribution in [0.25, 0.3) is 0 Å². The van der Waals surface area contributed by atoms with Crippen molar-refractivity contribution in [1.29, 1.82) is 0 Å². The van der Waals surface area contributed by atoms with E-state index in [0.29, 0.717) is 22.6 Å². The predicted molar refractivity (Wildman–Crippen MR) is 65.4 cm³/mol. The van der Waals surface area contributed by atoms with Gasteiger partial charge in [0.1, 0.15) is 11.5 Å². The Morgan fingerprint density at radius 3 is 1.78 bits per heavy atom. The lowest BCUT2D eigenvalue weighted by Gasteiger charge is -2.36. The quantitative estimate of drug-likeness (QED) is 0.726. The average molecular weight is 246 g/mol. The molecule has 3 heteroatoms. The summed E-state index contributed by atoms with van der Waals surface area (Å²) in [5.41, 5.74) is -0.233. The molecule has 0 fully saturated rings. The predicted octanol–water partition coefficient (Wildman–Crippen LogP) is 4.36. The van der Waals surface area contributed by atoms with Crippen LogP contribution in [0.4, 0.5) is 8.78 Å². The Labute approximate surface area is 104 Å². The lowest BCUT2D eigenvalue weighted by molar-refractivity contribution is 0.0752. The van der Waals surface area contributed by atoms with E-state index in [1.54, 1.807) is 55.5 Å². The fraction of sp³-hybridized carbons (Fsp3) is 0.200. The summed E-state index contributed by atoms with van der Waals surface area (Å²) in [6.45, 7) is 1.57. The van der Waals surface area contributed by atoms with Crippen LogP contribution in [-0.4, -0.2) is 6.43 Å². The van der Waals surface area contributed by atoms with Gasteiger partial charge in [0.05, 0.1) is 5.41 Å². The molecule has 0 saturated carbocycles. The zero-order valence-corrected chi connectivity index (χ0v) is 9.86. The maximum Gasteiger partial charge on any atom is 0.252 e. The molecule has 0 atom stereocenters. The Morgan fingerprint density at radius 1 is 0.889 bits per heavy atom. The minimum absolute atomic E-state index is 0.513. The first-order valence-electron chi connectivity index (χ1n) is 5.79. The second kappa shape index (κ2) is 3.80. The molecule has 3 rings (SSSR count). The van der Waals surface area contributed by atoms with Crippen LogP contribution in [0.3, 0.4) is 0 Å². The number of benzene rings is 2. The molecule has 1 nitrogen and oxygen atoms in total.